The Morgan fingerprint density at radius 2 is 2.24 bits per heavy atom. The summed E-state index contributed by atoms with van der Waals surface area (Å²) in [6.07, 6.45) is 2.88. The van der Waals surface area contributed by atoms with Gasteiger partial charge >= 0.3 is 5.97 Å². The highest BCUT2D eigenvalue weighted by Gasteiger charge is 2.02. The van der Waals surface area contributed by atoms with E-state index in [2.05, 4.69) is 0 Å². The predicted molar refractivity (Wildman–Crippen MR) is 63.8 cm³/mol. The summed E-state index contributed by atoms with van der Waals surface area (Å²) in [5.74, 6) is 4.23. The number of ether oxygens (including phenoxy) is 1. The molecule has 0 bridgehead atoms. The number of nitrogens with two attached hydrogens (primary N) is 1. The fourth-order valence-corrected chi connectivity index (χ4v) is 1.22. The van der Waals surface area contributed by atoms with Crippen LogP contribution in [0.2, 0.25) is 0 Å². The zero-order chi connectivity index (χ0) is 12.7. The number of hydrogen-bond donors (Lipinski definition) is 2. The normalized spacial score (nSPS) is 10.2. The molecular weight excluding hydrogens is 220 g/mol. The van der Waals surface area contributed by atoms with Crippen LogP contribution in [0, 0.1) is 0 Å². The van der Waals surface area contributed by atoms with Crippen LogP contribution in [0.1, 0.15) is 22.8 Å². The Morgan fingerprint density at radius 1 is 1.47 bits per heavy atom. The van der Waals surface area contributed by atoms with E-state index in [0.29, 0.717) is 12.2 Å². The van der Waals surface area contributed by atoms with Crippen molar-refractivity contribution in [2.24, 2.45) is 5.84 Å². The molecule has 0 atom stereocenters. The maximum absolute atomic E-state index is 11.3. The SMILES string of the molecule is CCOC(=O)C=Cc1cccc(C(=O)NN)c1. The number of nitrogen functional groups attached to an aromatic ring is 1. The minimum absolute atomic E-state index is 0.332. The first-order valence-electron chi connectivity index (χ1n) is 5.13. The van der Waals surface area contributed by atoms with E-state index >= 15 is 0 Å². The summed E-state index contributed by atoms with van der Waals surface area (Å²) >= 11 is 0. The number of carbonyl (C=O) groups excluding carboxylic acids is 2. The second kappa shape index (κ2) is 6.44. The monoisotopic (exact) mass is 234 g/mol. The van der Waals surface area contributed by atoms with Crippen molar-refractivity contribution in [3.8, 4) is 0 Å². The number of carbonyl (C=O) groups is 2. The fraction of sp³-hybridized carbons (Fsp3) is 0.167. The Bertz CT molecular complexity index is 441. The van der Waals surface area contributed by atoms with E-state index in [1.54, 1.807) is 37.3 Å². The van der Waals surface area contributed by atoms with Gasteiger partial charge in [-0.25, -0.2) is 10.6 Å². The summed E-state index contributed by atoms with van der Waals surface area (Å²) < 4.78 is 4.74. The van der Waals surface area contributed by atoms with Crippen LogP contribution in [0.3, 0.4) is 0 Å². The second-order valence-corrected chi connectivity index (χ2v) is 3.18. The standard InChI is InChI=1S/C12H14N2O3/c1-2-17-11(15)7-6-9-4-3-5-10(8-9)12(16)14-13/h3-8H,2,13H2,1H3,(H,14,16). The Hall–Kier alpha value is -2.14. The van der Waals surface area contributed by atoms with Gasteiger partial charge < -0.3 is 4.74 Å². The zero-order valence-electron chi connectivity index (χ0n) is 9.47. The van der Waals surface area contributed by atoms with Crippen molar-refractivity contribution in [2.75, 3.05) is 6.61 Å². The third kappa shape index (κ3) is 4.08. The molecule has 0 aromatic heterocycles. The van der Waals surface area contributed by atoms with E-state index < -0.39 is 5.97 Å². The summed E-state index contributed by atoms with van der Waals surface area (Å²) in [5.41, 5.74) is 3.19. The first kappa shape index (κ1) is 12.9. The Labute approximate surface area is 99.2 Å². The zero-order valence-corrected chi connectivity index (χ0v) is 9.47. The lowest BCUT2D eigenvalue weighted by Crippen LogP contribution is -2.29. The van der Waals surface area contributed by atoms with Crippen LogP contribution in [-0.2, 0) is 9.53 Å². The molecule has 0 aliphatic rings. The molecule has 5 nitrogen and oxygen atoms in total. The van der Waals surface area contributed by atoms with Gasteiger partial charge in [0.25, 0.3) is 5.91 Å². The highest BCUT2D eigenvalue weighted by Crippen LogP contribution is 2.07. The Morgan fingerprint density at radius 3 is 2.88 bits per heavy atom. The predicted octanol–water partition coefficient (Wildman–Crippen LogP) is 0.866. The van der Waals surface area contributed by atoms with E-state index in [1.807, 2.05) is 5.43 Å². The number of benzene rings is 1. The number of hydrogen-bond acceptors (Lipinski definition) is 4. The van der Waals surface area contributed by atoms with Crippen LogP contribution in [-0.4, -0.2) is 18.5 Å². The maximum Gasteiger partial charge on any atom is 0.330 e. The topological polar surface area (TPSA) is 81.4 Å². The van der Waals surface area contributed by atoms with Crippen molar-refractivity contribution < 1.29 is 14.3 Å². The minimum Gasteiger partial charge on any atom is -0.463 e. The molecule has 0 aliphatic heterocycles. The van der Waals surface area contributed by atoms with E-state index in [9.17, 15) is 9.59 Å². The Balaban J connectivity index is 2.78. The van der Waals surface area contributed by atoms with Crippen LogP contribution in [0.5, 0.6) is 0 Å². The fourth-order valence-electron chi connectivity index (χ4n) is 1.22. The molecule has 0 saturated heterocycles. The van der Waals surface area contributed by atoms with Crippen LogP contribution in [0.15, 0.2) is 30.3 Å². The van der Waals surface area contributed by atoms with Gasteiger partial charge in [-0.1, -0.05) is 12.1 Å². The van der Waals surface area contributed by atoms with E-state index in [-0.39, 0.29) is 5.91 Å². The molecule has 1 aromatic rings. The lowest BCUT2D eigenvalue weighted by atomic mass is 10.1. The van der Waals surface area contributed by atoms with Gasteiger partial charge in [0.05, 0.1) is 6.61 Å². The molecule has 0 saturated carbocycles. The van der Waals surface area contributed by atoms with Crippen molar-refractivity contribution in [1.29, 1.82) is 0 Å². The molecule has 3 N–H and O–H groups in total. The largest absolute Gasteiger partial charge is 0.463 e. The summed E-state index contributed by atoms with van der Waals surface area (Å²) in [6.45, 7) is 2.07. The molecule has 0 unspecified atom stereocenters. The average Bonchev–Trinajstić information content (AvgIpc) is 2.36. The number of nitrogens with one attached hydrogen (secondary N) is 1. The first-order chi connectivity index (χ1) is 8.17. The lowest BCUT2D eigenvalue weighted by molar-refractivity contribution is -0.137. The van der Waals surface area contributed by atoms with Gasteiger partial charge in [0.15, 0.2) is 0 Å². The highest BCUT2D eigenvalue weighted by molar-refractivity contribution is 5.94. The van der Waals surface area contributed by atoms with Gasteiger partial charge in [-0.05, 0) is 30.7 Å². The molecule has 1 amide bonds. The van der Waals surface area contributed by atoms with Crippen molar-refractivity contribution in [2.45, 2.75) is 6.92 Å². The van der Waals surface area contributed by atoms with Gasteiger partial charge in [0, 0.05) is 11.6 Å². The van der Waals surface area contributed by atoms with E-state index in [1.165, 1.54) is 6.08 Å². The van der Waals surface area contributed by atoms with Crippen molar-refractivity contribution >= 4 is 18.0 Å². The van der Waals surface area contributed by atoms with Crippen LogP contribution in [0.4, 0.5) is 0 Å². The quantitative estimate of drug-likeness (QED) is 0.266. The molecule has 1 rings (SSSR count). The highest BCUT2D eigenvalue weighted by atomic mass is 16.5. The molecule has 0 radical (unpaired) electrons. The average molecular weight is 234 g/mol. The summed E-state index contributed by atoms with van der Waals surface area (Å²) in [7, 11) is 0. The van der Waals surface area contributed by atoms with Crippen LogP contribution in [0.25, 0.3) is 6.08 Å². The molecular formula is C12H14N2O3. The van der Waals surface area contributed by atoms with Gasteiger partial charge in [-0.2, -0.15) is 0 Å². The summed E-state index contributed by atoms with van der Waals surface area (Å²) in [5, 5.41) is 0. The van der Waals surface area contributed by atoms with Gasteiger partial charge in [0.1, 0.15) is 0 Å². The second-order valence-electron chi connectivity index (χ2n) is 3.18. The third-order valence-electron chi connectivity index (χ3n) is 1.98. The number of esters is 1. The molecule has 17 heavy (non-hydrogen) atoms. The van der Waals surface area contributed by atoms with Crippen molar-refractivity contribution in [3.05, 3.63) is 41.5 Å². The molecule has 0 spiro atoms. The smallest absolute Gasteiger partial charge is 0.330 e. The lowest BCUT2D eigenvalue weighted by Gasteiger charge is -2.00. The van der Waals surface area contributed by atoms with Gasteiger partial charge in [-0.3, -0.25) is 10.2 Å². The molecule has 5 heteroatoms. The maximum atomic E-state index is 11.3. The number of hydrazine groups is 1. The van der Waals surface area contributed by atoms with Crippen LogP contribution < -0.4 is 11.3 Å². The van der Waals surface area contributed by atoms with Gasteiger partial charge in [-0.15, -0.1) is 0 Å². The minimum atomic E-state index is -0.416. The Kier molecular flexibility index (Phi) is 4.90. The first-order valence-corrected chi connectivity index (χ1v) is 5.13. The molecule has 0 aliphatic carbocycles. The summed E-state index contributed by atoms with van der Waals surface area (Å²) in [4.78, 5) is 22.3. The van der Waals surface area contributed by atoms with Crippen molar-refractivity contribution in [3.63, 3.8) is 0 Å². The number of amides is 1. The van der Waals surface area contributed by atoms with Crippen LogP contribution >= 0.6 is 0 Å². The molecule has 0 fully saturated rings. The molecule has 0 heterocycles. The number of rotatable bonds is 4. The van der Waals surface area contributed by atoms with E-state index in [0.717, 1.165) is 5.56 Å². The third-order valence-corrected chi connectivity index (χ3v) is 1.98. The van der Waals surface area contributed by atoms with E-state index in [4.69, 9.17) is 10.6 Å². The molecule has 1 aromatic carbocycles. The van der Waals surface area contributed by atoms with Crippen molar-refractivity contribution in [1.82, 2.24) is 5.43 Å². The summed E-state index contributed by atoms with van der Waals surface area (Å²) in [6, 6.07) is 6.72. The molecule has 90 valence electrons. The van der Waals surface area contributed by atoms with Gasteiger partial charge in [0.2, 0.25) is 0 Å².